The first-order valence-corrected chi connectivity index (χ1v) is 13.3. The summed E-state index contributed by atoms with van der Waals surface area (Å²) < 4.78 is 25.7. The number of allylic oxidation sites excluding steroid dienone is 7. The Labute approximate surface area is 195 Å². The zero-order chi connectivity index (χ0) is 25.3. The Morgan fingerprint density at radius 2 is 1.41 bits per heavy atom. The first-order chi connectivity index (χ1) is 15.8. The van der Waals surface area contributed by atoms with E-state index in [9.17, 15) is 38.3 Å². The molecule has 34 heavy (non-hydrogen) atoms. The summed E-state index contributed by atoms with van der Waals surface area (Å²) in [5.74, 6) is -0.663. The Hall–Kier alpha value is -2.84. The topological polar surface area (TPSA) is 155 Å². The minimum atomic E-state index is -4.43. The first-order valence-electron chi connectivity index (χ1n) is 10.1. The molecule has 0 aromatic heterocycles. The van der Waals surface area contributed by atoms with Crippen LogP contribution in [0.25, 0.3) is 0 Å². The Bertz CT molecular complexity index is 1340. The van der Waals surface area contributed by atoms with Gasteiger partial charge in [0.15, 0.2) is 5.71 Å². The number of benzene rings is 1. The highest BCUT2D eigenvalue weighted by molar-refractivity contribution is 7.60. The zero-order valence-electron chi connectivity index (χ0n) is 18.4. The highest BCUT2D eigenvalue weighted by Gasteiger charge is 2.31. The maximum atomic E-state index is 12.5. The zero-order valence-corrected chi connectivity index (χ0v) is 20.2. The summed E-state index contributed by atoms with van der Waals surface area (Å²) in [7, 11) is -8.83. The van der Waals surface area contributed by atoms with Crippen LogP contribution in [0, 0.1) is 0 Å². The van der Waals surface area contributed by atoms with Crippen LogP contribution in [0.15, 0.2) is 71.7 Å². The summed E-state index contributed by atoms with van der Waals surface area (Å²) in [4.78, 5) is 62.3. The summed E-state index contributed by atoms with van der Waals surface area (Å²) in [5, 5.41) is -0.294. The molecule has 10 nitrogen and oxygen atoms in total. The molecule has 2 aliphatic carbocycles. The van der Waals surface area contributed by atoms with Gasteiger partial charge in [-0.25, -0.2) is 9.59 Å². The summed E-state index contributed by atoms with van der Waals surface area (Å²) in [6, 6.07) is 5.38. The predicted octanol–water partition coefficient (Wildman–Crippen LogP) is 1.99. The van der Waals surface area contributed by atoms with Crippen LogP contribution < -0.4 is 5.30 Å². The molecule has 0 bridgehead atoms. The number of carbonyl (C=O) groups excluding carboxylic acids is 2. The molecule has 0 aliphatic heterocycles. The van der Waals surface area contributed by atoms with Gasteiger partial charge in [0.1, 0.15) is 0 Å². The van der Waals surface area contributed by atoms with Gasteiger partial charge in [-0.1, -0.05) is 12.2 Å². The summed E-state index contributed by atoms with van der Waals surface area (Å²) in [6.45, 7) is 2.71. The summed E-state index contributed by atoms with van der Waals surface area (Å²) in [5.41, 5.74) is 1.90. The molecule has 4 N–H and O–H groups in total. The van der Waals surface area contributed by atoms with E-state index in [1.165, 1.54) is 65.5 Å². The van der Waals surface area contributed by atoms with E-state index in [0.717, 1.165) is 0 Å². The van der Waals surface area contributed by atoms with Crippen LogP contribution in [0.2, 0.25) is 0 Å². The second kappa shape index (κ2) is 9.80. The average Bonchev–Trinajstić information content (AvgIpc) is 2.73. The monoisotopic (exact) mass is 506 g/mol. The van der Waals surface area contributed by atoms with E-state index in [1.54, 1.807) is 18.2 Å². The fraction of sp³-hybridized carbons (Fsp3) is 0.182. The lowest BCUT2D eigenvalue weighted by Crippen LogP contribution is -2.28. The van der Waals surface area contributed by atoms with Gasteiger partial charge >= 0.3 is 27.0 Å². The van der Waals surface area contributed by atoms with Crippen molar-refractivity contribution in [1.82, 2.24) is 0 Å². The Kier molecular flexibility index (Phi) is 7.43. The smallest absolute Gasteiger partial charge is 0.321 e. The van der Waals surface area contributed by atoms with Crippen LogP contribution >= 0.6 is 15.2 Å². The third-order valence-corrected chi connectivity index (χ3v) is 7.12. The number of carbonyl (C=O) groups is 2. The lowest BCUT2D eigenvalue weighted by molar-refractivity contribution is -0.394. The third-order valence-electron chi connectivity index (χ3n) is 5.14. The molecule has 0 fully saturated rings. The fourth-order valence-electron chi connectivity index (χ4n) is 3.68. The van der Waals surface area contributed by atoms with Gasteiger partial charge in [-0.2, -0.15) is 0 Å². The third kappa shape index (κ3) is 5.80. The van der Waals surface area contributed by atoms with E-state index in [4.69, 9.17) is 0 Å². The molecule has 0 spiro atoms. The lowest BCUT2D eigenvalue weighted by Gasteiger charge is -2.12. The largest absolute Gasteiger partial charge is 0.389 e. The summed E-state index contributed by atoms with van der Waals surface area (Å²) >= 11 is 0. The molecule has 0 saturated heterocycles. The Balaban J connectivity index is 2.09. The maximum absolute atomic E-state index is 12.5. The van der Waals surface area contributed by atoms with E-state index in [1.807, 2.05) is 0 Å². The number of nitrogens with zero attached hydrogens (tertiary/aromatic N) is 2. The highest BCUT2D eigenvalue weighted by Crippen LogP contribution is 2.46. The van der Waals surface area contributed by atoms with Crippen LogP contribution in [0.5, 0.6) is 0 Å². The molecule has 178 valence electrons. The molecule has 0 unspecified atom stereocenters. The highest BCUT2D eigenvalue weighted by atomic mass is 31.2. The van der Waals surface area contributed by atoms with Crippen molar-refractivity contribution in [2.75, 3.05) is 0 Å². The van der Waals surface area contributed by atoms with Gasteiger partial charge in [0.05, 0.1) is 43.4 Å². The molecule has 0 atom stereocenters. The molecule has 1 aromatic carbocycles. The second-order valence-corrected chi connectivity index (χ2v) is 10.8. The number of hydrogen-bond donors (Lipinski definition) is 4. The van der Waals surface area contributed by atoms with E-state index in [2.05, 4.69) is 0 Å². The van der Waals surface area contributed by atoms with Gasteiger partial charge in [-0.05, 0) is 18.2 Å². The fourth-order valence-corrected chi connectivity index (χ4v) is 4.81. The SMILES string of the molecule is CC(=O)[N+](C1=CC(=[N+](C(C)=O)c2ccc(P(=O)(O)O)cc2)CC=C1)=C1C=CC(P(=O)(O)O)=CC1. The molecular weight excluding hydrogens is 482 g/mol. The van der Waals surface area contributed by atoms with Crippen molar-refractivity contribution in [3.8, 4) is 0 Å². The predicted molar refractivity (Wildman–Crippen MR) is 125 cm³/mol. The molecule has 0 radical (unpaired) electrons. The van der Waals surface area contributed by atoms with E-state index >= 15 is 0 Å². The van der Waals surface area contributed by atoms with Crippen molar-refractivity contribution in [3.05, 3.63) is 71.7 Å². The van der Waals surface area contributed by atoms with Crippen molar-refractivity contribution in [2.45, 2.75) is 26.7 Å². The van der Waals surface area contributed by atoms with Gasteiger partial charge in [0.25, 0.3) is 0 Å². The number of amides is 2. The van der Waals surface area contributed by atoms with Crippen molar-refractivity contribution in [2.24, 2.45) is 0 Å². The van der Waals surface area contributed by atoms with Gasteiger partial charge < -0.3 is 19.6 Å². The standard InChI is InChI=1S/C22H22N2O8P2/c1-15(25)23(17-6-10-21(11-7-17)33(27,28)29)19-4-3-5-20(14-19)24(16(2)26)18-8-12-22(13-9-18)34(30,31)32/h3-4,6,8-14H,5,7H2,1-2H3,(H2-2,27,28,29,30,31,32)/p+2. The van der Waals surface area contributed by atoms with Crippen molar-refractivity contribution in [3.63, 3.8) is 0 Å². The second-order valence-electron chi connectivity index (χ2n) is 7.64. The minimum Gasteiger partial charge on any atom is -0.321 e. The quantitative estimate of drug-likeness (QED) is 0.357. The van der Waals surface area contributed by atoms with Crippen LogP contribution in [-0.4, -0.2) is 52.0 Å². The minimum absolute atomic E-state index is 0.122. The molecular formula is C22H24N2O8P2+2. The maximum Gasteiger partial charge on any atom is 0.389 e. The van der Waals surface area contributed by atoms with E-state index in [0.29, 0.717) is 29.2 Å². The van der Waals surface area contributed by atoms with Gasteiger partial charge in [-0.3, -0.25) is 9.13 Å². The molecule has 2 aliphatic rings. The molecule has 3 rings (SSSR count). The Morgan fingerprint density at radius 1 is 0.794 bits per heavy atom. The number of rotatable bonds is 4. The van der Waals surface area contributed by atoms with Crippen LogP contribution in [0.1, 0.15) is 26.7 Å². The molecule has 12 heteroatoms. The lowest BCUT2D eigenvalue weighted by atomic mass is 10.1. The number of hydrogen-bond acceptors (Lipinski definition) is 4. The van der Waals surface area contributed by atoms with Crippen molar-refractivity contribution >= 4 is 49.4 Å². The van der Waals surface area contributed by atoms with Crippen LogP contribution in [0.4, 0.5) is 5.69 Å². The van der Waals surface area contributed by atoms with E-state index in [-0.39, 0.29) is 28.9 Å². The van der Waals surface area contributed by atoms with Crippen LogP contribution in [-0.2, 0) is 18.7 Å². The van der Waals surface area contributed by atoms with E-state index < -0.39 is 15.2 Å². The van der Waals surface area contributed by atoms with Crippen molar-refractivity contribution < 1.29 is 47.4 Å². The Morgan fingerprint density at radius 3 is 1.88 bits per heavy atom. The molecule has 0 saturated carbocycles. The molecule has 1 aromatic rings. The van der Waals surface area contributed by atoms with Crippen molar-refractivity contribution in [1.29, 1.82) is 0 Å². The molecule has 0 heterocycles. The molecule has 2 amide bonds. The average molecular weight is 506 g/mol. The van der Waals surface area contributed by atoms with Gasteiger partial charge in [-0.15, -0.1) is 9.15 Å². The first kappa shape index (κ1) is 25.8. The summed E-state index contributed by atoms with van der Waals surface area (Å²) in [6.07, 6.45) is 9.74. The van der Waals surface area contributed by atoms with Gasteiger partial charge in [0.2, 0.25) is 17.1 Å². The normalized spacial score (nSPS) is 19.4. The van der Waals surface area contributed by atoms with Gasteiger partial charge in [0, 0.05) is 24.3 Å². The van der Waals surface area contributed by atoms with Crippen LogP contribution in [0.3, 0.4) is 0 Å².